The maximum absolute atomic E-state index is 13.8. The van der Waals surface area contributed by atoms with Crippen LogP contribution < -0.4 is 5.73 Å². The Kier molecular flexibility index (Phi) is 3.53. The number of imidazole rings is 1. The number of carbonyl (C=O) groups is 1. The normalized spacial score (nSPS) is 17.1. The van der Waals surface area contributed by atoms with Crippen molar-refractivity contribution in [2.24, 2.45) is 0 Å². The molecule has 21 heavy (non-hydrogen) atoms. The van der Waals surface area contributed by atoms with Gasteiger partial charge in [-0.25, -0.2) is 9.37 Å². The Labute approximate surface area is 122 Å². The molecule has 1 aliphatic rings. The van der Waals surface area contributed by atoms with E-state index in [1.165, 1.54) is 12.5 Å². The fourth-order valence-corrected chi connectivity index (χ4v) is 3.00. The summed E-state index contributed by atoms with van der Waals surface area (Å²) in [6.07, 6.45) is 3.24. The van der Waals surface area contributed by atoms with Crippen molar-refractivity contribution in [3.8, 4) is 0 Å². The van der Waals surface area contributed by atoms with E-state index in [9.17, 15) is 9.18 Å². The molecule has 1 unspecified atom stereocenters. The van der Waals surface area contributed by atoms with Crippen molar-refractivity contribution in [3.63, 3.8) is 0 Å². The highest BCUT2D eigenvalue weighted by molar-refractivity contribution is 5.85. The molecule has 5 nitrogen and oxygen atoms in total. The molecule has 1 aromatic carbocycles. The number of nitrogens with two attached hydrogens (primary N) is 1. The highest BCUT2D eigenvalue weighted by Gasteiger charge is 2.26. The lowest BCUT2D eigenvalue weighted by Crippen LogP contribution is -2.39. The lowest BCUT2D eigenvalue weighted by molar-refractivity contribution is -0.135. The molecule has 1 amide bonds. The van der Waals surface area contributed by atoms with Crippen molar-refractivity contribution in [1.82, 2.24) is 14.5 Å². The van der Waals surface area contributed by atoms with E-state index in [1.54, 1.807) is 23.6 Å². The zero-order chi connectivity index (χ0) is 15.0. The maximum Gasteiger partial charge on any atom is 0.245 e. The number of anilines is 1. The Balaban J connectivity index is 1.97. The number of nitrogen functional groups attached to an aromatic ring is 1. The van der Waals surface area contributed by atoms with Gasteiger partial charge in [0.2, 0.25) is 11.9 Å². The van der Waals surface area contributed by atoms with Gasteiger partial charge in [-0.1, -0.05) is 6.07 Å². The molecule has 6 heteroatoms. The SMILES string of the molecule is CC(C(=O)N1CCCCC1)n1c(N)nc2c(F)cccc21. The van der Waals surface area contributed by atoms with Crippen LogP contribution in [0.3, 0.4) is 0 Å². The molecule has 2 aromatic rings. The number of halogens is 1. The monoisotopic (exact) mass is 290 g/mol. The second-order valence-electron chi connectivity index (χ2n) is 5.51. The molecule has 112 valence electrons. The molecule has 2 N–H and O–H groups in total. The first-order chi connectivity index (χ1) is 10.1. The van der Waals surface area contributed by atoms with Crippen LogP contribution in [0, 0.1) is 5.82 Å². The Bertz CT molecular complexity index is 676. The van der Waals surface area contributed by atoms with E-state index in [2.05, 4.69) is 4.98 Å². The average molecular weight is 290 g/mol. The highest BCUT2D eigenvalue weighted by atomic mass is 19.1. The van der Waals surface area contributed by atoms with Gasteiger partial charge in [-0.05, 0) is 38.3 Å². The third-order valence-electron chi connectivity index (χ3n) is 4.11. The van der Waals surface area contributed by atoms with Gasteiger partial charge in [-0.3, -0.25) is 9.36 Å². The molecule has 1 aliphatic heterocycles. The second kappa shape index (κ2) is 5.35. The third kappa shape index (κ3) is 2.34. The summed E-state index contributed by atoms with van der Waals surface area (Å²) in [5.41, 5.74) is 6.68. The molecule has 2 heterocycles. The van der Waals surface area contributed by atoms with Crippen molar-refractivity contribution in [2.45, 2.75) is 32.2 Å². The summed E-state index contributed by atoms with van der Waals surface area (Å²) >= 11 is 0. The first-order valence-electron chi connectivity index (χ1n) is 7.30. The van der Waals surface area contributed by atoms with Crippen LogP contribution in [0.15, 0.2) is 18.2 Å². The first kappa shape index (κ1) is 13.9. The minimum atomic E-state index is -0.477. The van der Waals surface area contributed by atoms with Gasteiger partial charge < -0.3 is 10.6 Å². The number of para-hydroxylation sites is 1. The number of hydrogen-bond acceptors (Lipinski definition) is 3. The number of likely N-dealkylation sites (tertiary alicyclic amines) is 1. The molecular weight excluding hydrogens is 271 g/mol. The van der Waals surface area contributed by atoms with Crippen LogP contribution in [0.4, 0.5) is 10.3 Å². The van der Waals surface area contributed by atoms with Crippen LogP contribution in [-0.4, -0.2) is 33.4 Å². The summed E-state index contributed by atoms with van der Waals surface area (Å²) in [7, 11) is 0. The summed E-state index contributed by atoms with van der Waals surface area (Å²) in [6, 6.07) is 4.21. The molecule has 1 atom stereocenters. The van der Waals surface area contributed by atoms with Crippen LogP contribution in [0.5, 0.6) is 0 Å². The van der Waals surface area contributed by atoms with Gasteiger partial charge in [0.15, 0.2) is 5.82 Å². The number of benzene rings is 1. The van der Waals surface area contributed by atoms with Gasteiger partial charge in [-0.2, -0.15) is 0 Å². The number of fused-ring (bicyclic) bond motifs is 1. The van der Waals surface area contributed by atoms with Gasteiger partial charge in [0.25, 0.3) is 0 Å². The number of hydrogen-bond donors (Lipinski definition) is 1. The van der Waals surface area contributed by atoms with Crippen LogP contribution in [0.1, 0.15) is 32.2 Å². The number of carbonyl (C=O) groups excluding carboxylic acids is 1. The van der Waals surface area contributed by atoms with Gasteiger partial charge >= 0.3 is 0 Å². The first-order valence-corrected chi connectivity index (χ1v) is 7.30. The molecule has 1 saturated heterocycles. The van der Waals surface area contributed by atoms with Crippen molar-refractivity contribution >= 4 is 22.9 Å². The van der Waals surface area contributed by atoms with E-state index in [-0.39, 0.29) is 17.4 Å². The number of amides is 1. The van der Waals surface area contributed by atoms with Crippen LogP contribution in [0.25, 0.3) is 11.0 Å². The predicted molar refractivity (Wildman–Crippen MR) is 79.2 cm³/mol. The predicted octanol–water partition coefficient (Wildman–Crippen LogP) is 2.33. The minimum Gasteiger partial charge on any atom is -0.369 e. The van der Waals surface area contributed by atoms with Crippen LogP contribution in [0.2, 0.25) is 0 Å². The largest absolute Gasteiger partial charge is 0.369 e. The van der Waals surface area contributed by atoms with Crippen molar-refractivity contribution in [2.75, 3.05) is 18.8 Å². The van der Waals surface area contributed by atoms with Gasteiger partial charge in [0.05, 0.1) is 5.52 Å². The fraction of sp³-hybridized carbons (Fsp3) is 0.467. The van der Waals surface area contributed by atoms with Gasteiger partial charge in [0.1, 0.15) is 11.6 Å². The maximum atomic E-state index is 13.8. The third-order valence-corrected chi connectivity index (χ3v) is 4.11. The van der Waals surface area contributed by atoms with Crippen molar-refractivity contribution < 1.29 is 9.18 Å². The number of rotatable bonds is 2. The molecule has 1 aromatic heterocycles. The molecule has 0 spiro atoms. The molecule has 0 aliphatic carbocycles. The van der Waals surface area contributed by atoms with Crippen LogP contribution >= 0.6 is 0 Å². The Hall–Kier alpha value is -2.11. The van der Waals surface area contributed by atoms with E-state index in [1.807, 2.05) is 4.90 Å². The Morgan fingerprint density at radius 1 is 1.33 bits per heavy atom. The summed E-state index contributed by atoms with van der Waals surface area (Å²) in [6.45, 7) is 3.35. The lowest BCUT2D eigenvalue weighted by atomic mass is 10.1. The topological polar surface area (TPSA) is 64.2 Å². The van der Waals surface area contributed by atoms with E-state index in [0.29, 0.717) is 5.52 Å². The Morgan fingerprint density at radius 3 is 2.76 bits per heavy atom. The standard InChI is InChI=1S/C15H19FN4O/c1-10(14(21)19-8-3-2-4-9-19)20-12-7-5-6-11(16)13(12)18-15(20)17/h5-7,10H,2-4,8-9H2,1H3,(H2,17,18). The van der Waals surface area contributed by atoms with Crippen molar-refractivity contribution in [1.29, 1.82) is 0 Å². The summed E-state index contributed by atoms with van der Waals surface area (Å²) < 4.78 is 15.4. The van der Waals surface area contributed by atoms with E-state index in [0.717, 1.165) is 25.9 Å². The zero-order valence-corrected chi connectivity index (χ0v) is 12.1. The number of aromatic nitrogens is 2. The average Bonchev–Trinajstić information content (AvgIpc) is 2.84. The molecule has 0 bridgehead atoms. The van der Waals surface area contributed by atoms with Crippen molar-refractivity contribution in [3.05, 3.63) is 24.0 Å². The smallest absolute Gasteiger partial charge is 0.245 e. The summed E-state index contributed by atoms with van der Waals surface area (Å²) in [5, 5.41) is 0. The molecule has 0 saturated carbocycles. The zero-order valence-electron chi connectivity index (χ0n) is 12.1. The quantitative estimate of drug-likeness (QED) is 0.923. The lowest BCUT2D eigenvalue weighted by Gasteiger charge is -2.30. The molecule has 0 radical (unpaired) electrons. The minimum absolute atomic E-state index is 0.0185. The molecule has 1 fully saturated rings. The fourth-order valence-electron chi connectivity index (χ4n) is 3.00. The Morgan fingerprint density at radius 2 is 2.05 bits per heavy atom. The summed E-state index contributed by atoms with van der Waals surface area (Å²) in [4.78, 5) is 18.5. The van der Waals surface area contributed by atoms with Gasteiger partial charge in [0, 0.05) is 13.1 Å². The molecular formula is C15H19FN4O. The highest BCUT2D eigenvalue weighted by Crippen LogP contribution is 2.26. The van der Waals surface area contributed by atoms with Gasteiger partial charge in [-0.15, -0.1) is 0 Å². The number of piperidine rings is 1. The second-order valence-corrected chi connectivity index (χ2v) is 5.51. The number of nitrogens with zero attached hydrogens (tertiary/aromatic N) is 3. The molecule has 3 rings (SSSR count). The van der Waals surface area contributed by atoms with Crippen LogP contribution in [-0.2, 0) is 4.79 Å². The van der Waals surface area contributed by atoms with E-state index in [4.69, 9.17) is 5.73 Å². The summed E-state index contributed by atoms with van der Waals surface area (Å²) in [5.74, 6) is -0.228. The van der Waals surface area contributed by atoms with E-state index >= 15 is 0 Å². The van der Waals surface area contributed by atoms with E-state index < -0.39 is 11.9 Å².